The molecule has 1 aromatic carbocycles. The first-order chi connectivity index (χ1) is 8.54. The average Bonchev–Trinajstić information content (AvgIpc) is 2.37. The number of esters is 1. The Kier molecular flexibility index (Phi) is 5.58. The summed E-state index contributed by atoms with van der Waals surface area (Å²) >= 11 is 3.17. The van der Waals surface area contributed by atoms with Crippen molar-refractivity contribution in [1.82, 2.24) is 5.32 Å². The van der Waals surface area contributed by atoms with E-state index in [1.807, 2.05) is 6.07 Å². The Hall–Kier alpha value is -1.62. The Morgan fingerprint density at radius 1 is 1.39 bits per heavy atom. The molecule has 0 aliphatic carbocycles. The highest BCUT2D eigenvalue weighted by Crippen LogP contribution is 2.11. The van der Waals surface area contributed by atoms with Gasteiger partial charge in [-0.3, -0.25) is 4.79 Å². The smallest absolute Gasteiger partial charge is 0.328 e. The Morgan fingerprint density at radius 2 is 2.00 bits per heavy atom. The van der Waals surface area contributed by atoms with Crippen LogP contribution in [0.5, 0.6) is 0 Å². The lowest BCUT2D eigenvalue weighted by Gasteiger charge is -2.15. The first-order valence-electron chi connectivity index (χ1n) is 5.31. The third-order valence-electron chi connectivity index (χ3n) is 2.25. The molecule has 96 valence electrons. The number of amides is 1. The van der Waals surface area contributed by atoms with Gasteiger partial charge in [-0.2, -0.15) is 0 Å². The number of halogens is 1. The van der Waals surface area contributed by atoms with Gasteiger partial charge in [0, 0.05) is 12.0 Å². The maximum Gasteiger partial charge on any atom is 0.328 e. The van der Waals surface area contributed by atoms with Gasteiger partial charge in [0.05, 0.1) is 7.11 Å². The number of hydrogen-bond donors (Lipinski definition) is 1. The van der Waals surface area contributed by atoms with E-state index < -0.39 is 12.0 Å². The van der Waals surface area contributed by atoms with Crippen LogP contribution >= 0.6 is 15.9 Å². The van der Waals surface area contributed by atoms with Crippen LogP contribution in [0.15, 0.2) is 41.4 Å². The monoisotopic (exact) mass is 311 g/mol. The minimum absolute atomic E-state index is 0.283. The zero-order valence-corrected chi connectivity index (χ0v) is 11.6. The lowest BCUT2D eigenvalue weighted by molar-refractivity contribution is -0.142. The fourth-order valence-electron chi connectivity index (χ4n) is 1.39. The van der Waals surface area contributed by atoms with Gasteiger partial charge in [-0.25, -0.2) is 4.79 Å². The number of hydrogen-bond acceptors (Lipinski definition) is 3. The zero-order valence-electron chi connectivity index (χ0n) is 9.98. The number of methoxy groups -OCH3 is 1. The van der Waals surface area contributed by atoms with E-state index >= 15 is 0 Å². The van der Waals surface area contributed by atoms with Gasteiger partial charge in [-0.1, -0.05) is 40.7 Å². The van der Waals surface area contributed by atoms with Crippen molar-refractivity contribution in [2.75, 3.05) is 7.11 Å². The van der Waals surface area contributed by atoms with Crippen LogP contribution in [0.25, 0.3) is 0 Å². The van der Waals surface area contributed by atoms with E-state index in [0.717, 1.165) is 0 Å². The third kappa shape index (κ3) is 4.33. The molecule has 1 atom stereocenters. The maximum absolute atomic E-state index is 11.9. The molecule has 0 fully saturated rings. The van der Waals surface area contributed by atoms with E-state index in [-0.39, 0.29) is 12.3 Å². The molecule has 18 heavy (non-hydrogen) atoms. The number of nitrogens with one attached hydrogen (secondary N) is 1. The second-order valence-electron chi connectivity index (χ2n) is 3.64. The van der Waals surface area contributed by atoms with Gasteiger partial charge in [0.25, 0.3) is 5.91 Å². The van der Waals surface area contributed by atoms with Crippen LogP contribution in [0.4, 0.5) is 0 Å². The summed E-state index contributed by atoms with van der Waals surface area (Å²) in [4.78, 5) is 23.4. The molecule has 0 aliphatic rings. The van der Waals surface area contributed by atoms with Gasteiger partial charge < -0.3 is 10.1 Å². The molecule has 4 nitrogen and oxygen atoms in total. The fraction of sp³-hybridized carbons (Fsp3) is 0.231. The summed E-state index contributed by atoms with van der Waals surface area (Å²) in [7, 11) is 1.28. The number of rotatable bonds is 5. The molecular formula is C13H14BrNO3. The predicted molar refractivity (Wildman–Crippen MR) is 72.4 cm³/mol. The van der Waals surface area contributed by atoms with Crippen LogP contribution in [0.3, 0.4) is 0 Å². The third-order valence-corrected chi connectivity index (χ3v) is 2.58. The van der Waals surface area contributed by atoms with Crippen molar-refractivity contribution in [3.8, 4) is 0 Å². The standard InChI is InChI=1S/C13H14BrNO3/c1-9(14)8-11(13(17)18-2)15-12(16)10-6-4-3-5-7-10/h3-7,11H,1,8H2,2H3,(H,15,16)/t11-/m1/s1. The molecular weight excluding hydrogens is 298 g/mol. The lowest BCUT2D eigenvalue weighted by atomic mass is 10.1. The van der Waals surface area contributed by atoms with Crippen molar-refractivity contribution in [2.24, 2.45) is 0 Å². The maximum atomic E-state index is 11.9. The molecule has 0 radical (unpaired) electrons. The molecule has 0 saturated heterocycles. The van der Waals surface area contributed by atoms with Crippen LogP contribution < -0.4 is 5.32 Å². The second-order valence-corrected chi connectivity index (χ2v) is 4.76. The van der Waals surface area contributed by atoms with Crippen LogP contribution in [0.2, 0.25) is 0 Å². The topological polar surface area (TPSA) is 55.4 Å². The number of carbonyl (C=O) groups is 2. The molecule has 5 heteroatoms. The summed E-state index contributed by atoms with van der Waals surface area (Å²) in [5.41, 5.74) is 0.492. The Bertz CT molecular complexity index is 445. The van der Waals surface area contributed by atoms with E-state index in [2.05, 4.69) is 32.6 Å². The molecule has 1 N–H and O–H groups in total. The molecule has 0 bridgehead atoms. The highest BCUT2D eigenvalue weighted by atomic mass is 79.9. The predicted octanol–water partition coefficient (Wildman–Crippen LogP) is 2.26. The molecule has 0 unspecified atom stereocenters. The van der Waals surface area contributed by atoms with E-state index in [9.17, 15) is 9.59 Å². The zero-order chi connectivity index (χ0) is 13.5. The fourth-order valence-corrected chi connectivity index (χ4v) is 1.71. The van der Waals surface area contributed by atoms with Gasteiger partial charge in [0.15, 0.2) is 0 Å². The van der Waals surface area contributed by atoms with Crippen LogP contribution in [-0.2, 0) is 9.53 Å². The molecule has 1 rings (SSSR count). The first-order valence-corrected chi connectivity index (χ1v) is 6.11. The minimum atomic E-state index is -0.741. The van der Waals surface area contributed by atoms with Crippen LogP contribution in [0, 0.1) is 0 Å². The van der Waals surface area contributed by atoms with E-state index in [1.54, 1.807) is 24.3 Å². The SMILES string of the molecule is C=C(Br)C[C@@H](NC(=O)c1ccccc1)C(=O)OC. The number of carbonyl (C=O) groups excluding carboxylic acids is 2. The quantitative estimate of drug-likeness (QED) is 0.849. The van der Waals surface area contributed by atoms with Crippen molar-refractivity contribution in [3.63, 3.8) is 0 Å². The van der Waals surface area contributed by atoms with Crippen molar-refractivity contribution in [2.45, 2.75) is 12.5 Å². The Balaban J connectivity index is 2.74. The summed E-state index contributed by atoms with van der Waals surface area (Å²) < 4.78 is 5.25. The first kappa shape index (κ1) is 14.4. The van der Waals surface area contributed by atoms with Crippen molar-refractivity contribution < 1.29 is 14.3 Å². The number of benzene rings is 1. The highest BCUT2D eigenvalue weighted by molar-refractivity contribution is 9.11. The molecule has 0 aromatic heterocycles. The lowest BCUT2D eigenvalue weighted by Crippen LogP contribution is -2.41. The Morgan fingerprint density at radius 3 is 2.50 bits per heavy atom. The number of ether oxygens (including phenoxy) is 1. The largest absolute Gasteiger partial charge is 0.467 e. The summed E-state index contributed by atoms with van der Waals surface area (Å²) in [5, 5.41) is 2.61. The molecule has 0 saturated carbocycles. The Labute approximate surface area is 114 Å². The van der Waals surface area contributed by atoms with Crippen molar-refractivity contribution in [1.29, 1.82) is 0 Å². The molecule has 0 aliphatic heterocycles. The van der Waals surface area contributed by atoms with Gasteiger partial charge in [0.2, 0.25) is 0 Å². The summed E-state index contributed by atoms with van der Waals surface area (Å²) in [6.45, 7) is 3.65. The van der Waals surface area contributed by atoms with Crippen molar-refractivity contribution >= 4 is 27.8 Å². The minimum Gasteiger partial charge on any atom is -0.467 e. The van der Waals surface area contributed by atoms with Crippen LogP contribution in [-0.4, -0.2) is 25.0 Å². The van der Waals surface area contributed by atoms with Gasteiger partial charge in [-0.05, 0) is 16.6 Å². The van der Waals surface area contributed by atoms with Gasteiger partial charge >= 0.3 is 5.97 Å². The molecule has 1 amide bonds. The van der Waals surface area contributed by atoms with Gasteiger partial charge in [-0.15, -0.1) is 0 Å². The molecule has 0 spiro atoms. The molecule has 0 heterocycles. The van der Waals surface area contributed by atoms with E-state index in [0.29, 0.717) is 10.0 Å². The van der Waals surface area contributed by atoms with Crippen LogP contribution in [0.1, 0.15) is 16.8 Å². The van der Waals surface area contributed by atoms with Crippen molar-refractivity contribution in [3.05, 3.63) is 47.0 Å². The molecule has 1 aromatic rings. The summed E-state index contributed by atoms with van der Waals surface area (Å²) in [6.07, 6.45) is 0.283. The van der Waals surface area contributed by atoms with E-state index in [1.165, 1.54) is 7.11 Å². The average molecular weight is 312 g/mol. The van der Waals surface area contributed by atoms with Gasteiger partial charge in [0.1, 0.15) is 6.04 Å². The summed E-state index contributed by atoms with van der Waals surface area (Å²) in [5.74, 6) is -0.820. The summed E-state index contributed by atoms with van der Waals surface area (Å²) in [6, 6.07) is 7.93. The normalized spacial score (nSPS) is 11.4. The van der Waals surface area contributed by atoms with E-state index in [4.69, 9.17) is 0 Å². The second kappa shape index (κ2) is 6.96. The highest BCUT2D eigenvalue weighted by Gasteiger charge is 2.22.